The average Bonchev–Trinajstić information content (AvgIpc) is 3.05. The molecular formula is C20H18F4N2O3S. The molecule has 0 aliphatic carbocycles. The SMILES string of the molecule is CC(C)(C)c1cc(OS(=O)(=O)c2cccc(C(F)(F)F)c2)n(-c2cccc(F)c2)n1. The van der Waals surface area contributed by atoms with Gasteiger partial charge in [0.2, 0.25) is 5.88 Å². The van der Waals surface area contributed by atoms with Crippen molar-refractivity contribution in [3.8, 4) is 11.6 Å². The molecule has 0 saturated heterocycles. The van der Waals surface area contributed by atoms with Crippen molar-refractivity contribution in [2.75, 3.05) is 0 Å². The lowest BCUT2D eigenvalue weighted by atomic mass is 9.93. The van der Waals surface area contributed by atoms with Crippen molar-refractivity contribution in [3.05, 3.63) is 71.7 Å². The van der Waals surface area contributed by atoms with Crippen molar-refractivity contribution >= 4 is 10.1 Å². The first-order chi connectivity index (χ1) is 13.8. The molecule has 0 bridgehead atoms. The number of aromatic nitrogens is 2. The highest BCUT2D eigenvalue weighted by Crippen LogP contribution is 2.32. The number of rotatable bonds is 4. The molecule has 0 aliphatic heterocycles. The van der Waals surface area contributed by atoms with Gasteiger partial charge in [-0.3, -0.25) is 0 Å². The molecule has 0 N–H and O–H groups in total. The van der Waals surface area contributed by atoms with Crippen molar-refractivity contribution in [2.45, 2.75) is 37.3 Å². The molecule has 0 amide bonds. The Morgan fingerprint density at radius 1 is 0.967 bits per heavy atom. The van der Waals surface area contributed by atoms with Crippen LogP contribution >= 0.6 is 0 Å². The van der Waals surface area contributed by atoms with E-state index in [0.29, 0.717) is 11.8 Å². The fourth-order valence-electron chi connectivity index (χ4n) is 2.57. The highest BCUT2D eigenvalue weighted by Gasteiger charge is 2.32. The van der Waals surface area contributed by atoms with E-state index in [9.17, 15) is 26.0 Å². The van der Waals surface area contributed by atoms with Gasteiger partial charge in [0.25, 0.3) is 0 Å². The van der Waals surface area contributed by atoms with Crippen LogP contribution in [-0.4, -0.2) is 18.2 Å². The summed E-state index contributed by atoms with van der Waals surface area (Å²) >= 11 is 0. The maximum atomic E-state index is 13.7. The summed E-state index contributed by atoms with van der Waals surface area (Å²) in [5, 5.41) is 4.31. The van der Waals surface area contributed by atoms with Crippen molar-refractivity contribution in [1.29, 1.82) is 0 Å². The van der Waals surface area contributed by atoms with Crippen LogP contribution in [0.25, 0.3) is 5.69 Å². The minimum atomic E-state index is -4.71. The Hall–Kier alpha value is -2.88. The number of hydrogen-bond acceptors (Lipinski definition) is 4. The van der Waals surface area contributed by atoms with Crippen LogP contribution in [0.5, 0.6) is 5.88 Å². The Bertz CT molecular complexity index is 1180. The highest BCUT2D eigenvalue weighted by molar-refractivity contribution is 7.87. The first kappa shape index (κ1) is 21.8. The Morgan fingerprint density at radius 3 is 2.23 bits per heavy atom. The summed E-state index contributed by atoms with van der Waals surface area (Å²) in [4.78, 5) is -0.665. The molecule has 1 aromatic heterocycles. The van der Waals surface area contributed by atoms with Crippen LogP contribution in [0.4, 0.5) is 17.6 Å². The van der Waals surface area contributed by atoms with Crippen LogP contribution in [0.2, 0.25) is 0 Å². The zero-order chi connectivity index (χ0) is 22.3. The minimum Gasteiger partial charge on any atom is -0.358 e. The van der Waals surface area contributed by atoms with E-state index in [0.717, 1.165) is 28.9 Å². The first-order valence-corrected chi connectivity index (χ1v) is 10.2. The third-order valence-electron chi connectivity index (χ3n) is 4.14. The van der Waals surface area contributed by atoms with Gasteiger partial charge in [-0.1, -0.05) is 32.9 Å². The third-order valence-corrected chi connectivity index (χ3v) is 5.36. The second kappa shape index (κ2) is 7.42. The van der Waals surface area contributed by atoms with Crippen LogP contribution in [0.3, 0.4) is 0 Å². The lowest BCUT2D eigenvalue weighted by molar-refractivity contribution is -0.137. The topological polar surface area (TPSA) is 61.2 Å². The molecule has 5 nitrogen and oxygen atoms in total. The van der Waals surface area contributed by atoms with Gasteiger partial charge in [0, 0.05) is 11.5 Å². The molecule has 160 valence electrons. The van der Waals surface area contributed by atoms with Gasteiger partial charge in [0.15, 0.2) is 0 Å². The summed E-state index contributed by atoms with van der Waals surface area (Å²) in [5.41, 5.74) is -0.988. The largest absolute Gasteiger partial charge is 0.416 e. The molecule has 0 radical (unpaired) electrons. The number of alkyl halides is 3. The smallest absolute Gasteiger partial charge is 0.358 e. The Kier molecular flexibility index (Phi) is 5.40. The van der Waals surface area contributed by atoms with Crippen molar-refractivity contribution < 1.29 is 30.2 Å². The van der Waals surface area contributed by atoms with Crippen LogP contribution in [-0.2, 0) is 21.7 Å². The molecule has 0 saturated carbocycles. The average molecular weight is 442 g/mol. The van der Waals surface area contributed by atoms with E-state index < -0.39 is 38.0 Å². The zero-order valence-corrected chi connectivity index (χ0v) is 17.1. The number of benzene rings is 2. The summed E-state index contributed by atoms with van der Waals surface area (Å²) in [6.07, 6.45) is -4.71. The third kappa shape index (κ3) is 4.64. The zero-order valence-electron chi connectivity index (χ0n) is 16.2. The second-order valence-corrected chi connectivity index (χ2v) is 9.12. The summed E-state index contributed by atoms with van der Waals surface area (Å²) < 4.78 is 84.1. The van der Waals surface area contributed by atoms with Crippen molar-refractivity contribution in [2.24, 2.45) is 0 Å². The van der Waals surface area contributed by atoms with Crippen molar-refractivity contribution in [3.63, 3.8) is 0 Å². The van der Waals surface area contributed by atoms with Crippen LogP contribution in [0.1, 0.15) is 32.0 Å². The van der Waals surface area contributed by atoms with E-state index in [2.05, 4.69) is 5.10 Å². The standard InChI is InChI=1S/C20H18F4N2O3S/c1-19(2,3)17-12-18(26(25-17)15-8-5-7-14(21)11-15)29-30(27,28)16-9-4-6-13(10-16)20(22,23)24/h4-12H,1-3H3. The molecule has 3 rings (SSSR count). The van der Waals surface area contributed by atoms with Gasteiger partial charge in [0.1, 0.15) is 10.7 Å². The fraction of sp³-hybridized carbons (Fsp3) is 0.250. The van der Waals surface area contributed by atoms with E-state index in [1.807, 2.05) is 20.8 Å². The molecule has 0 unspecified atom stereocenters. The Morgan fingerprint density at radius 2 is 1.63 bits per heavy atom. The van der Waals surface area contributed by atoms with Gasteiger partial charge in [-0.15, -0.1) is 0 Å². The first-order valence-electron chi connectivity index (χ1n) is 8.76. The molecule has 10 heteroatoms. The van der Waals surface area contributed by atoms with Crippen LogP contribution < -0.4 is 4.18 Å². The quantitative estimate of drug-likeness (QED) is 0.417. The summed E-state index contributed by atoms with van der Waals surface area (Å²) in [7, 11) is -4.62. The maximum Gasteiger partial charge on any atom is 0.416 e. The fourth-order valence-corrected chi connectivity index (χ4v) is 3.53. The van der Waals surface area contributed by atoms with Crippen LogP contribution in [0.15, 0.2) is 59.5 Å². The number of nitrogens with zero attached hydrogens (tertiary/aromatic N) is 2. The van der Waals surface area contributed by atoms with Gasteiger partial charge >= 0.3 is 16.3 Å². The Labute approximate surface area is 171 Å². The predicted octanol–water partition coefficient (Wildman–Crippen LogP) is 5.10. The van der Waals surface area contributed by atoms with E-state index in [1.54, 1.807) is 0 Å². The maximum absolute atomic E-state index is 13.7. The molecule has 0 atom stereocenters. The van der Waals surface area contributed by atoms with E-state index in [4.69, 9.17) is 4.18 Å². The molecule has 1 heterocycles. The predicted molar refractivity (Wildman–Crippen MR) is 101 cm³/mol. The summed E-state index contributed by atoms with van der Waals surface area (Å²) in [6, 6.07) is 9.82. The van der Waals surface area contributed by atoms with Gasteiger partial charge in [0.05, 0.1) is 16.9 Å². The lowest BCUT2D eigenvalue weighted by Gasteiger charge is -2.13. The number of halogens is 4. The van der Waals surface area contributed by atoms with Gasteiger partial charge < -0.3 is 4.18 Å². The Balaban J connectivity index is 2.08. The molecule has 30 heavy (non-hydrogen) atoms. The van der Waals surface area contributed by atoms with Crippen LogP contribution in [0, 0.1) is 5.82 Å². The second-order valence-electron chi connectivity index (χ2n) is 7.57. The molecule has 0 spiro atoms. The van der Waals surface area contributed by atoms with Crippen molar-refractivity contribution in [1.82, 2.24) is 9.78 Å². The van der Waals surface area contributed by atoms with Gasteiger partial charge in [-0.25, -0.2) is 4.39 Å². The lowest BCUT2D eigenvalue weighted by Crippen LogP contribution is -2.14. The van der Waals surface area contributed by atoms with Gasteiger partial charge in [-0.2, -0.15) is 31.4 Å². The number of hydrogen-bond donors (Lipinski definition) is 0. The summed E-state index contributed by atoms with van der Waals surface area (Å²) in [6.45, 7) is 5.49. The normalized spacial score (nSPS) is 12.8. The van der Waals surface area contributed by atoms with E-state index >= 15 is 0 Å². The van der Waals surface area contributed by atoms with E-state index in [-0.39, 0.29) is 11.6 Å². The van der Waals surface area contributed by atoms with Gasteiger partial charge in [-0.05, 0) is 36.4 Å². The molecular weight excluding hydrogens is 424 g/mol. The molecule has 2 aromatic carbocycles. The molecule has 0 fully saturated rings. The molecule has 3 aromatic rings. The minimum absolute atomic E-state index is 0.194. The summed E-state index contributed by atoms with van der Waals surface area (Å²) in [5.74, 6) is -0.852. The monoisotopic (exact) mass is 442 g/mol. The molecule has 0 aliphatic rings. The highest BCUT2D eigenvalue weighted by atomic mass is 32.2. The van der Waals surface area contributed by atoms with E-state index in [1.165, 1.54) is 24.3 Å².